The molecule has 2 aromatic carbocycles. The Balaban J connectivity index is 1.82. The molecule has 0 aliphatic rings. The van der Waals surface area contributed by atoms with Crippen LogP contribution in [0.3, 0.4) is 0 Å². The first kappa shape index (κ1) is 20.0. The van der Waals surface area contributed by atoms with Gasteiger partial charge in [-0.05, 0) is 51.0 Å². The van der Waals surface area contributed by atoms with Crippen LogP contribution in [-0.2, 0) is 11.2 Å². The lowest BCUT2D eigenvalue weighted by Gasteiger charge is -2.19. The molecule has 0 radical (unpaired) electrons. The van der Waals surface area contributed by atoms with Crippen LogP contribution in [0.1, 0.15) is 36.7 Å². The molecular weight excluding hydrogens is 376 g/mol. The molecule has 0 fully saturated rings. The van der Waals surface area contributed by atoms with Crippen molar-refractivity contribution in [2.45, 2.75) is 32.8 Å². The molecule has 5 nitrogen and oxygen atoms in total. The van der Waals surface area contributed by atoms with Crippen molar-refractivity contribution in [3.05, 3.63) is 70.9 Å². The van der Waals surface area contributed by atoms with E-state index in [-0.39, 0.29) is 5.91 Å². The summed E-state index contributed by atoms with van der Waals surface area (Å²) in [7, 11) is 0. The molecule has 6 heteroatoms. The standard InChI is InChI=1S/C22H23ClN2O3/c1-22(2,3)28-21(27)24-13-12-15-14-25(19-11-7-5-8-16(15)19)20(26)17-9-4-6-10-18(17)23/h4-11,14H,12-13H2,1-3H3,(H,24,27). The van der Waals surface area contributed by atoms with Gasteiger partial charge in [0.1, 0.15) is 5.60 Å². The third-order valence-electron chi connectivity index (χ3n) is 4.18. The highest BCUT2D eigenvalue weighted by atomic mass is 35.5. The first-order chi connectivity index (χ1) is 13.3. The Morgan fingerprint density at radius 2 is 1.75 bits per heavy atom. The number of rotatable bonds is 4. The van der Waals surface area contributed by atoms with Gasteiger partial charge in [-0.2, -0.15) is 0 Å². The molecule has 0 spiro atoms. The van der Waals surface area contributed by atoms with Crippen LogP contribution in [0.15, 0.2) is 54.7 Å². The van der Waals surface area contributed by atoms with Crippen molar-refractivity contribution < 1.29 is 14.3 Å². The number of hydrogen-bond donors (Lipinski definition) is 1. The zero-order valence-electron chi connectivity index (χ0n) is 16.2. The maximum Gasteiger partial charge on any atom is 0.407 e. The summed E-state index contributed by atoms with van der Waals surface area (Å²) in [6, 6.07) is 14.7. The van der Waals surface area contributed by atoms with E-state index in [1.807, 2.05) is 51.2 Å². The van der Waals surface area contributed by atoms with Crippen LogP contribution in [0.25, 0.3) is 10.9 Å². The fourth-order valence-corrected chi connectivity index (χ4v) is 3.21. The molecule has 28 heavy (non-hydrogen) atoms. The van der Waals surface area contributed by atoms with Gasteiger partial charge in [0.25, 0.3) is 5.91 Å². The van der Waals surface area contributed by atoms with Crippen molar-refractivity contribution >= 4 is 34.5 Å². The second kappa shape index (κ2) is 8.07. The summed E-state index contributed by atoms with van der Waals surface area (Å²) in [5.41, 5.74) is 1.68. The summed E-state index contributed by atoms with van der Waals surface area (Å²) in [6.07, 6.45) is 1.93. The third kappa shape index (κ3) is 4.54. The van der Waals surface area contributed by atoms with E-state index in [2.05, 4.69) is 5.32 Å². The van der Waals surface area contributed by atoms with E-state index in [4.69, 9.17) is 16.3 Å². The highest BCUT2D eigenvalue weighted by Crippen LogP contribution is 2.24. The van der Waals surface area contributed by atoms with Gasteiger partial charge in [-0.15, -0.1) is 0 Å². The minimum absolute atomic E-state index is 0.187. The first-order valence-corrected chi connectivity index (χ1v) is 9.49. The average molecular weight is 399 g/mol. The topological polar surface area (TPSA) is 60.3 Å². The Hall–Kier alpha value is -2.79. The zero-order chi connectivity index (χ0) is 20.3. The largest absolute Gasteiger partial charge is 0.444 e. The first-order valence-electron chi connectivity index (χ1n) is 9.11. The Morgan fingerprint density at radius 1 is 1.07 bits per heavy atom. The number of amides is 1. The second-order valence-electron chi connectivity index (χ2n) is 7.51. The quantitative estimate of drug-likeness (QED) is 0.668. The van der Waals surface area contributed by atoms with E-state index < -0.39 is 11.7 Å². The van der Waals surface area contributed by atoms with Crippen molar-refractivity contribution in [1.82, 2.24) is 9.88 Å². The molecule has 0 unspecified atom stereocenters. The molecule has 0 saturated heterocycles. The van der Waals surface area contributed by atoms with E-state index >= 15 is 0 Å². The van der Waals surface area contributed by atoms with Gasteiger partial charge < -0.3 is 10.1 Å². The highest BCUT2D eigenvalue weighted by Gasteiger charge is 2.18. The van der Waals surface area contributed by atoms with E-state index in [1.54, 1.807) is 28.8 Å². The van der Waals surface area contributed by atoms with Crippen molar-refractivity contribution in [3.63, 3.8) is 0 Å². The van der Waals surface area contributed by atoms with Crippen LogP contribution in [0.2, 0.25) is 5.02 Å². The van der Waals surface area contributed by atoms with Gasteiger partial charge in [0.2, 0.25) is 0 Å². The number of carbonyl (C=O) groups is 2. The summed E-state index contributed by atoms with van der Waals surface area (Å²) < 4.78 is 6.86. The van der Waals surface area contributed by atoms with Gasteiger partial charge in [-0.25, -0.2) is 4.79 Å². The Morgan fingerprint density at radius 3 is 2.46 bits per heavy atom. The number of hydrogen-bond acceptors (Lipinski definition) is 3. The van der Waals surface area contributed by atoms with E-state index in [0.717, 1.165) is 16.5 Å². The molecule has 1 N–H and O–H groups in total. The lowest BCUT2D eigenvalue weighted by molar-refractivity contribution is 0.0528. The predicted octanol–water partition coefficient (Wildman–Crippen LogP) is 5.05. The summed E-state index contributed by atoms with van der Waals surface area (Å²) in [5.74, 6) is -0.187. The number of aromatic nitrogens is 1. The molecule has 3 aromatic rings. The fraction of sp³-hybridized carbons (Fsp3) is 0.273. The van der Waals surface area contributed by atoms with E-state index in [0.29, 0.717) is 23.6 Å². The molecule has 1 aromatic heterocycles. The molecule has 0 aliphatic carbocycles. The van der Waals surface area contributed by atoms with Crippen LogP contribution in [-0.4, -0.2) is 28.7 Å². The summed E-state index contributed by atoms with van der Waals surface area (Å²) in [5, 5.41) is 4.14. The second-order valence-corrected chi connectivity index (χ2v) is 7.91. The van der Waals surface area contributed by atoms with Crippen LogP contribution in [0.4, 0.5) is 4.79 Å². The molecule has 1 amide bonds. The number of para-hydroxylation sites is 1. The number of halogens is 1. The lowest BCUT2D eigenvalue weighted by Crippen LogP contribution is -2.33. The van der Waals surface area contributed by atoms with Crippen molar-refractivity contribution in [1.29, 1.82) is 0 Å². The number of alkyl carbamates (subject to hydrolysis) is 1. The molecule has 0 aliphatic heterocycles. The number of nitrogens with zero attached hydrogens (tertiary/aromatic N) is 1. The maximum atomic E-state index is 13.0. The summed E-state index contributed by atoms with van der Waals surface area (Å²) in [4.78, 5) is 24.9. The number of nitrogens with one attached hydrogen (secondary N) is 1. The van der Waals surface area contributed by atoms with Gasteiger partial charge in [0.15, 0.2) is 0 Å². The average Bonchev–Trinajstić information content (AvgIpc) is 2.99. The van der Waals surface area contributed by atoms with Gasteiger partial charge in [-0.3, -0.25) is 9.36 Å². The van der Waals surface area contributed by atoms with Crippen LogP contribution in [0, 0.1) is 0 Å². The fourth-order valence-electron chi connectivity index (χ4n) is 3.00. The Bertz CT molecular complexity index is 1020. The zero-order valence-corrected chi connectivity index (χ0v) is 16.9. The maximum absolute atomic E-state index is 13.0. The Labute approximate surface area is 169 Å². The normalized spacial score (nSPS) is 11.4. The van der Waals surface area contributed by atoms with Crippen LogP contribution in [0.5, 0.6) is 0 Å². The molecule has 0 atom stereocenters. The van der Waals surface area contributed by atoms with Gasteiger partial charge in [-0.1, -0.05) is 41.9 Å². The predicted molar refractivity (Wildman–Crippen MR) is 111 cm³/mol. The van der Waals surface area contributed by atoms with Crippen LogP contribution < -0.4 is 5.32 Å². The summed E-state index contributed by atoms with van der Waals surface area (Å²) in [6.45, 7) is 5.87. The van der Waals surface area contributed by atoms with Gasteiger partial charge in [0.05, 0.1) is 16.1 Å². The molecule has 146 valence electrons. The SMILES string of the molecule is CC(C)(C)OC(=O)NCCc1cn(C(=O)c2ccccc2Cl)c2ccccc12. The number of benzene rings is 2. The smallest absolute Gasteiger partial charge is 0.407 e. The van der Waals surface area contributed by atoms with Crippen LogP contribution >= 0.6 is 11.6 Å². The van der Waals surface area contributed by atoms with Crippen molar-refractivity contribution in [2.75, 3.05) is 6.54 Å². The monoisotopic (exact) mass is 398 g/mol. The lowest BCUT2D eigenvalue weighted by atomic mass is 10.1. The van der Waals surface area contributed by atoms with E-state index in [1.165, 1.54) is 0 Å². The molecule has 0 bridgehead atoms. The molecule has 1 heterocycles. The molecule has 0 saturated carbocycles. The number of carbonyl (C=O) groups excluding carboxylic acids is 2. The summed E-state index contributed by atoms with van der Waals surface area (Å²) >= 11 is 6.20. The van der Waals surface area contributed by atoms with Crippen molar-refractivity contribution in [2.24, 2.45) is 0 Å². The van der Waals surface area contributed by atoms with E-state index in [9.17, 15) is 9.59 Å². The van der Waals surface area contributed by atoms with Crippen molar-refractivity contribution in [3.8, 4) is 0 Å². The molecule has 3 rings (SSSR count). The van der Waals surface area contributed by atoms with Gasteiger partial charge in [0, 0.05) is 18.1 Å². The van der Waals surface area contributed by atoms with Gasteiger partial charge >= 0.3 is 6.09 Å². The number of ether oxygens (including phenoxy) is 1. The number of fused-ring (bicyclic) bond motifs is 1. The molecular formula is C22H23ClN2O3. The third-order valence-corrected chi connectivity index (χ3v) is 4.51. The highest BCUT2D eigenvalue weighted by molar-refractivity contribution is 6.34. The minimum atomic E-state index is -0.540. The minimum Gasteiger partial charge on any atom is -0.444 e. The Kier molecular flexibility index (Phi) is 5.75.